The maximum absolute atomic E-state index is 12.1. The predicted octanol–water partition coefficient (Wildman–Crippen LogP) is 3.48. The lowest BCUT2D eigenvalue weighted by Gasteiger charge is -2.16. The first-order valence-corrected chi connectivity index (χ1v) is 6.62. The molecule has 0 spiro atoms. The summed E-state index contributed by atoms with van der Waals surface area (Å²) in [7, 11) is 0. The molecule has 1 atom stereocenters. The van der Waals surface area contributed by atoms with Crippen LogP contribution < -0.4 is 5.32 Å². The number of aromatic amines is 1. The van der Waals surface area contributed by atoms with Crippen LogP contribution in [0, 0.1) is 0 Å². The average molecular weight is 244 g/mol. The Kier molecular flexibility index (Phi) is 4.03. The molecule has 0 fully saturated rings. The lowest BCUT2D eigenvalue weighted by atomic mass is 10.1. The molecule has 2 N–H and O–H groups in total. The Balaban J connectivity index is 2.12. The maximum atomic E-state index is 12.1. The quantitative estimate of drug-likeness (QED) is 0.831. The predicted molar refractivity (Wildman–Crippen MR) is 74.8 cm³/mol. The van der Waals surface area contributed by atoms with Crippen molar-refractivity contribution in [3.63, 3.8) is 0 Å². The highest BCUT2D eigenvalue weighted by Gasteiger charge is 2.11. The number of fused-ring (bicyclic) bond motifs is 1. The van der Waals surface area contributed by atoms with Gasteiger partial charge in [0.1, 0.15) is 0 Å². The molecule has 2 rings (SSSR count). The molecule has 2 aromatic rings. The molecular formula is C15H20N2O. The summed E-state index contributed by atoms with van der Waals surface area (Å²) in [5, 5.41) is 4.17. The van der Waals surface area contributed by atoms with Crippen molar-refractivity contribution >= 4 is 16.8 Å². The van der Waals surface area contributed by atoms with E-state index in [9.17, 15) is 4.79 Å². The molecule has 1 unspecified atom stereocenters. The van der Waals surface area contributed by atoms with E-state index in [0.29, 0.717) is 0 Å². The minimum Gasteiger partial charge on any atom is -0.361 e. The Labute approximate surface area is 108 Å². The molecule has 1 amide bonds. The van der Waals surface area contributed by atoms with Crippen LogP contribution in [-0.2, 0) is 0 Å². The summed E-state index contributed by atoms with van der Waals surface area (Å²) in [6.07, 6.45) is 4.99. The summed E-state index contributed by atoms with van der Waals surface area (Å²) in [4.78, 5) is 15.3. The van der Waals surface area contributed by atoms with Crippen LogP contribution in [0.1, 0.15) is 43.5 Å². The number of amides is 1. The molecule has 96 valence electrons. The number of hydrogen-bond donors (Lipinski definition) is 2. The third-order valence-electron chi connectivity index (χ3n) is 3.28. The minimum absolute atomic E-state index is 0.0263. The van der Waals surface area contributed by atoms with Gasteiger partial charge in [0.05, 0.1) is 0 Å². The first-order chi connectivity index (χ1) is 8.74. The molecular weight excluding hydrogens is 224 g/mol. The highest BCUT2D eigenvalue weighted by Crippen LogP contribution is 2.14. The van der Waals surface area contributed by atoms with Crippen molar-refractivity contribution in [1.29, 1.82) is 0 Å². The fourth-order valence-electron chi connectivity index (χ4n) is 2.19. The van der Waals surface area contributed by atoms with E-state index >= 15 is 0 Å². The van der Waals surface area contributed by atoms with Crippen molar-refractivity contribution in [1.82, 2.24) is 10.3 Å². The van der Waals surface area contributed by atoms with Gasteiger partial charge in [-0.1, -0.05) is 20.3 Å². The second-order valence-corrected chi connectivity index (χ2v) is 4.65. The molecule has 0 saturated carbocycles. The Hall–Kier alpha value is -1.77. The van der Waals surface area contributed by atoms with E-state index in [1.807, 2.05) is 30.5 Å². The van der Waals surface area contributed by atoms with Crippen LogP contribution in [-0.4, -0.2) is 16.9 Å². The van der Waals surface area contributed by atoms with E-state index in [-0.39, 0.29) is 11.9 Å². The van der Waals surface area contributed by atoms with Gasteiger partial charge in [-0.3, -0.25) is 4.79 Å². The second-order valence-electron chi connectivity index (χ2n) is 4.65. The highest BCUT2D eigenvalue weighted by molar-refractivity contribution is 5.98. The van der Waals surface area contributed by atoms with Gasteiger partial charge in [0.25, 0.3) is 5.91 Å². The summed E-state index contributed by atoms with van der Waals surface area (Å²) >= 11 is 0. The van der Waals surface area contributed by atoms with E-state index in [1.54, 1.807) is 0 Å². The van der Waals surface area contributed by atoms with Crippen LogP contribution in [0.5, 0.6) is 0 Å². The number of benzene rings is 1. The highest BCUT2D eigenvalue weighted by atomic mass is 16.1. The first kappa shape index (κ1) is 12.7. The van der Waals surface area contributed by atoms with Gasteiger partial charge in [-0.05, 0) is 37.1 Å². The molecule has 1 heterocycles. The van der Waals surface area contributed by atoms with Crippen LogP contribution >= 0.6 is 0 Å². The number of carbonyl (C=O) groups excluding carboxylic acids is 1. The minimum atomic E-state index is 0.0263. The molecule has 0 aliphatic rings. The first-order valence-electron chi connectivity index (χ1n) is 6.62. The topological polar surface area (TPSA) is 44.9 Å². The molecule has 3 nitrogen and oxygen atoms in total. The van der Waals surface area contributed by atoms with Crippen LogP contribution in [0.3, 0.4) is 0 Å². The molecule has 1 aromatic carbocycles. The zero-order valence-electron chi connectivity index (χ0n) is 11.0. The molecule has 0 saturated heterocycles. The molecule has 1 aromatic heterocycles. The van der Waals surface area contributed by atoms with Crippen molar-refractivity contribution in [3.05, 3.63) is 36.0 Å². The fraction of sp³-hybridized carbons (Fsp3) is 0.400. The van der Waals surface area contributed by atoms with E-state index in [0.717, 1.165) is 35.7 Å². The standard InChI is InChI=1S/C15H20N2O/c1-3-5-13(4-2)17-15(18)12-6-7-14-11(10-12)8-9-16-14/h6-10,13,16H,3-5H2,1-2H3,(H,17,18). The Bertz CT molecular complexity index is 530. The number of nitrogens with one attached hydrogen (secondary N) is 2. The van der Waals surface area contributed by atoms with Crippen LogP contribution in [0.25, 0.3) is 10.9 Å². The number of carbonyl (C=O) groups is 1. The number of H-pyrrole nitrogens is 1. The summed E-state index contributed by atoms with van der Waals surface area (Å²) in [5.74, 6) is 0.0263. The van der Waals surface area contributed by atoms with Crippen LogP contribution in [0.2, 0.25) is 0 Å². The van der Waals surface area contributed by atoms with Gasteiger partial charge in [0.15, 0.2) is 0 Å². The second kappa shape index (κ2) is 5.71. The average Bonchev–Trinajstić information content (AvgIpc) is 2.85. The molecule has 0 radical (unpaired) electrons. The molecule has 18 heavy (non-hydrogen) atoms. The van der Waals surface area contributed by atoms with E-state index < -0.39 is 0 Å². The SMILES string of the molecule is CCCC(CC)NC(=O)c1ccc2[nH]ccc2c1. The van der Waals surface area contributed by atoms with Gasteiger partial charge in [-0.2, -0.15) is 0 Å². The van der Waals surface area contributed by atoms with Gasteiger partial charge in [0.2, 0.25) is 0 Å². The van der Waals surface area contributed by atoms with Gasteiger partial charge in [-0.15, -0.1) is 0 Å². The van der Waals surface area contributed by atoms with E-state index in [2.05, 4.69) is 24.1 Å². The van der Waals surface area contributed by atoms with Gasteiger partial charge < -0.3 is 10.3 Å². The van der Waals surface area contributed by atoms with Crippen molar-refractivity contribution in [2.45, 2.75) is 39.2 Å². The van der Waals surface area contributed by atoms with Crippen molar-refractivity contribution in [2.75, 3.05) is 0 Å². The normalized spacial score (nSPS) is 12.6. The Morgan fingerprint density at radius 3 is 2.89 bits per heavy atom. The lowest BCUT2D eigenvalue weighted by molar-refractivity contribution is 0.0934. The number of hydrogen-bond acceptors (Lipinski definition) is 1. The Morgan fingerprint density at radius 2 is 2.17 bits per heavy atom. The summed E-state index contributed by atoms with van der Waals surface area (Å²) < 4.78 is 0. The third kappa shape index (κ3) is 2.73. The largest absolute Gasteiger partial charge is 0.361 e. The van der Waals surface area contributed by atoms with Crippen molar-refractivity contribution in [2.24, 2.45) is 0 Å². The van der Waals surface area contributed by atoms with Gasteiger partial charge >= 0.3 is 0 Å². The van der Waals surface area contributed by atoms with Crippen LogP contribution in [0.4, 0.5) is 0 Å². The van der Waals surface area contributed by atoms with Crippen LogP contribution in [0.15, 0.2) is 30.5 Å². The van der Waals surface area contributed by atoms with Crippen molar-refractivity contribution in [3.8, 4) is 0 Å². The zero-order valence-corrected chi connectivity index (χ0v) is 11.0. The summed E-state index contributed by atoms with van der Waals surface area (Å²) in [5.41, 5.74) is 1.80. The Morgan fingerprint density at radius 1 is 1.33 bits per heavy atom. The summed E-state index contributed by atoms with van der Waals surface area (Å²) in [6.45, 7) is 4.25. The van der Waals surface area contributed by atoms with Gasteiger partial charge in [0, 0.05) is 28.7 Å². The number of rotatable bonds is 5. The van der Waals surface area contributed by atoms with Gasteiger partial charge in [-0.25, -0.2) is 0 Å². The van der Waals surface area contributed by atoms with E-state index in [1.165, 1.54) is 0 Å². The fourth-order valence-corrected chi connectivity index (χ4v) is 2.19. The third-order valence-corrected chi connectivity index (χ3v) is 3.28. The lowest BCUT2D eigenvalue weighted by Crippen LogP contribution is -2.34. The summed E-state index contributed by atoms with van der Waals surface area (Å²) in [6, 6.07) is 8.01. The van der Waals surface area contributed by atoms with Crippen molar-refractivity contribution < 1.29 is 4.79 Å². The monoisotopic (exact) mass is 244 g/mol. The molecule has 0 aliphatic heterocycles. The molecule has 3 heteroatoms. The smallest absolute Gasteiger partial charge is 0.251 e. The molecule has 0 aliphatic carbocycles. The zero-order chi connectivity index (χ0) is 13.0. The van der Waals surface area contributed by atoms with E-state index in [4.69, 9.17) is 0 Å². The maximum Gasteiger partial charge on any atom is 0.251 e. The molecule has 0 bridgehead atoms. The number of aromatic nitrogens is 1.